The van der Waals surface area contributed by atoms with Crippen molar-refractivity contribution in [1.29, 1.82) is 0 Å². The first-order valence-corrected chi connectivity index (χ1v) is 5.55. The van der Waals surface area contributed by atoms with Gasteiger partial charge in [0.1, 0.15) is 0 Å². The molecule has 0 rings (SSSR count). The first kappa shape index (κ1) is 12.9. The van der Waals surface area contributed by atoms with E-state index in [1.165, 1.54) is 32.1 Å². The van der Waals surface area contributed by atoms with E-state index in [1.54, 1.807) is 7.11 Å². The molecule has 0 heterocycles. The highest BCUT2D eigenvalue weighted by molar-refractivity contribution is 4.60. The molecule has 0 amide bonds. The third kappa shape index (κ3) is 9.84. The molecule has 0 aliphatic heterocycles. The third-order valence-corrected chi connectivity index (χ3v) is 2.37. The van der Waals surface area contributed by atoms with Gasteiger partial charge in [-0.25, -0.2) is 0 Å². The Balaban J connectivity index is 3.03. The van der Waals surface area contributed by atoms with E-state index in [0.29, 0.717) is 6.04 Å². The van der Waals surface area contributed by atoms with Crippen molar-refractivity contribution in [3.05, 3.63) is 0 Å². The van der Waals surface area contributed by atoms with Gasteiger partial charge in [0.15, 0.2) is 0 Å². The minimum Gasteiger partial charge on any atom is -0.385 e. The summed E-state index contributed by atoms with van der Waals surface area (Å²) in [6.07, 6.45) is 8.84. The third-order valence-electron chi connectivity index (χ3n) is 2.37. The standard InChI is InChI=1S/C11H25NO/c1-3-4-5-6-7-8-11(12)9-10-13-2/h11H,3-10,12H2,1-2H3. The Bertz CT molecular complexity index is 96.1. The monoisotopic (exact) mass is 187 g/mol. The molecule has 0 aromatic carbocycles. The molecule has 80 valence electrons. The van der Waals surface area contributed by atoms with Crippen molar-refractivity contribution in [2.45, 2.75) is 57.9 Å². The zero-order valence-electron chi connectivity index (χ0n) is 9.22. The molecular weight excluding hydrogens is 162 g/mol. The molecule has 2 N–H and O–H groups in total. The molecule has 0 aromatic rings. The summed E-state index contributed by atoms with van der Waals surface area (Å²) in [6.45, 7) is 3.04. The number of ether oxygens (including phenoxy) is 1. The zero-order valence-corrected chi connectivity index (χ0v) is 9.22. The predicted octanol–water partition coefficient (Wildman–Crippen LogP) is 2.71. The summed E-state index contributed by atoms with van der Waals surface area (Å²) in [5.74, 6) is 0. The fraction of sp³-hybridized carbons (Fsp3) is 1.00. The molecule has 0 radical (unpaired) electrons. The average molecular weight is 187 g/mol. The van der Waals surface area contributed by atoms with Crippen LogP contribution in [0.15, 0.2) is 0 Å². The van der Waals surface area contributed by atoms with Crippen LogP contribution in [0.5, 0.6) is 0 Å². The Morgan fingerprint density at radius 3 is 2.38 bits per heavy atom. The molecule has 1 atom stereocenters. The van der Waals surface area contributed by atoms with Crippen LogP contribution in [-0.2, 0) is 4.74 Å². The van der Waals surface area contributed by atoms with Crippen LogP contribution >= 0.6 is 0 Å². The van der Waals surface area contributed by atoms with Crippen LogP contribution in [-0.4, -0.2) is 19.8 Å². The van der Waals surface area contributed by atoms with E-state index in [0.717, 1.165) is 19.4 Å². The van der Waals surface area contributed by atoms with Crippen LogP contribution in [0.4, 0.5) is 0 Å². The first-order chi connectivity index (χ1) is 6.31. The van der Waals surface area contributed by atoms with Crippen molar-refractivity contribution in [3.63, 3.8) is 0 Å². The molecule has 0 aliphatic carbocycles. The Hall–Kier alpha value is -0.0800. The maximum Gasteiger partial charge on any atom is 0.0477 e. The van der Waals surface area contributed by atoms with Gasteiger partial charge in [-0.1, -0.05) is 39.0 Å². The predicted molar refractivity (Wildman–Crippen MR) is 57.8 cm³/mol. The van der Waals surface area contributed by atoms with Gasteiger partial charge in [-0.15, -0.1) is 0 Å². The summed E-state index contributed by atoms with van der Waals surface area (Å²) < 4.78 is 4.98. The second kappa shape index (κ2) is 10.0. The summed E-state index contributed by atoms with van der Waals surface area (Å²) >= 11 is 0. The van der Waals surface area contributed by atoms with Gasteiger partial charge in [0.25, 0.3) is 0 Å². The van der Waals surface area contributed by atoms with E-state index < -0.39 is 0 Å². The minimum atomic E-state index is 0.349. The van der Waals surface area contributed by atoms with E-state index in [1.807, 2.05) is 0 Å². The largest absolute Gasteiger partial charge is 0.385 e. The summed E-state index contributed by atoms with van der Waals surface area (Å²) in [5.41, 5.74) is 5.89. The number of nitrogens with two attached hydrogens (primary N) is 1. The normalized spacial score (nSPS) is 13.2. The topological polar surface area (TPSA) is 35.2 Å². The second-order valence-corrected chi connectivity index (χ2v) is 3.74. The molecular formula is C11H25NO. The molecule has 0 saturated carbocycles. The lowest BCUT2D eigenvalue weighted by atomic mass is 10.1. The van der Waals surface area contributed by atoms with Crippen LogP contribution in [0, 0.1) is 0 Å². The summed E-state index contributed by atoms with van der Waals surface area (Å²) in [4.78, 5) is 0. The number of rotatable bonds is 9. The molecule has 0 bridgehead atoms. The zero-order chi connectivity index (χ0) is 9.94. The summed E-state index contributed by atoms with van der Waals surface area (Å²) in [6, 6.07) is 0.349. The highest BCUT2D eigenvalue weighted by Crippen LogP contribution is 2.07. The molecule has 1 unspecified atom stereocenters. The first-order valence-electron chi connectivity index (χ1n) is 5.55. The molecule has 0 aromatic heterocycles. The van der Waals surface area contributed by atoms with Crippen LogP contribution < -0.4 is 5.73 Å². The maximum atomic E-state index is 5.89. The summed E-state index contributed by atoms with van der Waals surface area (Å²) in [7, 11) is 1.73. The van der Waals surface area contributed by atoms with Gasteiger partial charge in [0.2, 0.25) is 0 Å². The Kier molecular flexibility index (Phi) is 9.94. The number of unbranched alkanes of at least 4 members (excludes halogenated alkanes) is 4. The van der Waals surface area contributed by atoms with Gasteiger partial charge in [-0.05, 0) is 12.8 Å². The van der Waals surface area contributed by atoms with Crippen molar-refractivity contribution >= 4 is 0 Å². The maximum absolute atomic E-state index is 5.89. The molecule has 2 nitrogen and oxygen atoms in total. The second-order valence-electron chi connectivity index (χ2n) is 3.74. The lowest BCUT2D eigenvalue weighted by Gasteiger charge is -2.09. The van der Waals surface area contributed by atoms with Gasteiger partial charge < -0.3 is 10.5 Å². The van der Waals surface area contributed by atoms with Crippen molar-refractivity contribution in [2.75, 3.05) is 13.7 Å². The quantitative estimate of drug-likeness (QED) is 0.563. The van der Waals surface area contributed by atoms with Crippen molar-refractivity contribution in [1.82, 2.24) is 0 Å². The van der Waals surface area contributed by atoms with E-state index in [2.05, 4.69) is 6.92 Å². The van der Waals surface area contributed by atoms with E-state index in [9.17, 15) is 0 Å². The van der Waals surface area contributed by atoms with Crippen molar-refractivity contribution < 1.29 is 4.74 Å². The lowest BCUT2D eigenvalue weighted by molar-refractivity contribution is 0.186. The van der Waals surface area contributed by atoms with Crippen molar-refractivity contribution in [2.24, 2.45) is 5.73 Å². The average Bonchev–Trinajstić information content (AvgIpc) is 2.14. The smallest absolute Gasteiger partial charge is 0.0477 e. The van der Waals surface area contributed by atoms with Gasteiger partial charge in [-0.2, -0.15) is 0 Å². The fourth-order valence-electron chi connectivity index (χ4n) is 1.42. The highest BCUT2D eigenvalue weighted by Gasteiger charge is 2.00. The molecule has 0 spiro atoms. The minimum absolute atomic E-state index is 0.349. The Morgan fingerprint density at radius 2 is 1.77 bits per heavy atom. The summed E-state index contributed by atoms with van der Waals surface area (Å²) in [5, 5.41) is 0. The highest BCUT2D eigenvalue weighted by atomic mass is 16.5. The van der Waals surface area contributed by atoms with Crippen LogP contribution in [0.3, 0.4) is 0 Å². The lowest BCUT2D eigenvalue weighted by Crippen LogP contribution is -2.21. The van der Waals surface area contributed by atoms with Crippen LogP contribution in [0.2, 0.25) is 0 Å². The van der Waals surface area contributed by atoms with E-state index in [4.69, 9.17) is 10.5 Å². The molecule has 0 saturated heterocycles. The molecule has 2 heteroatoms. The fourth-order valence-corrected chi connectivity index (χ4v) is 1.42. The molecule has 0 fully saturated rings. The molecule has 0 aliphatic rings. The van der Waals surface area contributed by atoms with Crippen molar-refractivity contribution in [3.8, 4) is 0 Å². The Morgan fingerprint density at radius 1 is 1.08 bits per heavy atom. The van der Waals surface area contributed by atoms with Gasteiger partial charge >= 0.3 is 0 Å². The number of hydrogen-bond acceptors (Lipinski definition) is 2. The number of methoxy groups -OCH3 is 1. The van der Waals surface area contributed by atoms with Crippen LogP contribution in [0.1, 0.15) is 51.9 Å². The SMILES string of the molecule is CCCCCCCC(N)CCOC. The Labute approximate surface area is 82.8 Å². The van der Waals surface area contributed by atoms with E-state index >= 15 is 0 Å². The van der Waals surface area contributed by atoms with Gasteiger partial charge in [0.05, 0.1) is 0 Å². The van der Waals surface area contributed by atoms with Crippen LogP contribution in [0.25, 0.3) is 0 Å². The molecule has 13 heavy (non-hydrogen) atoms. The van der Waals surface area contributed by atoms with Gasteiger partial charge in [0, 0.05) is 19.8 Å². The van der Waals surface area contributed by atoms with E-state index in [-0.39, 0.29) is 0 Å². The van der Waals surface area contributed by atoms with Gasteiger partial charge in [-0.3, -0.25) is 0 Å². The number of hydrogen-bond donors (Lipinski definition) is 1.